The highest BCUT2D eigenvalue weighted by molar-refractivity contribution is 8.00. The number of Topliss-reactive ketones (excluding diaryl/α,β-unsaturated/α-hetero) is 1. The minimum absolute atomic E-state index is 0.0810. The van der Waals surface area contributed by atoms with Gasteiger partial charge in [-0.2, -0.15) is 0 Å². The fourth-order valence-corrected chi connectivity index (χ4v) is 6.56. The van der Waals surface area contributed by atoms with Gasteiger partial charge in [-0.3, -0.25) is 14.5 Å². The quantitative estimate of drug-likeness (QED) is 0.0571. The number of ketones is 1. The summed E-state index contributed by atoms with van der Waals surface area (Å²) < 4.78 is 12.3. The Kier molecular flexibility index (Phi) is 9.92. The van der Waals surface area contributed by atoms with Crippen LogP contribution < -0.4 is 14.4 Å². The zero-order chi connectivity index (χ0) is 30.5. The first-order valence-electron chi connectivity index (χ1n) is 13.5. The molecule has 0 radical (unpaired) electrons. The topological polar surface area (TPSA) is 102 Å². The number of carbonyl (C=O) groups excluding carboxylic acids is 2. The van der Waals surface area contributed by atoms with Crippen LogP contribution in [0.25, 0.3) is 5.76 Å². The average Bonchev–Trinajstić information content (AvgIpc) is 3.58. The van der Waals surface area contributed by atoms with E-state index in [1.807, 2.05) is 38.1 Å². The van der Waals surface area contributed by atoms with Crippen LogP contribution in [0.15, 0.2) is 76.6 Å². The number of hydrogen-bond donors (Lipinski definition) is 1. The number of aliphatic hydroxyl groups excluding tert-OH is 1. The Bertz CT molecular complexity index is 1660. The number of benzene rings is 3. The molecule has 8 nitrogen and oxygen atoms in total. The van der Waals surface area contributed by atoms with Gasteiger partial charge < -0.3 is 14.6 Å². The van der Waals surface area contributed by atoms with Crippen molar-refractivity contribution in [2.75, 3.05) is 18.1 Å². The van der Waals surface area contributed by atoms with E-state index in [1.54, 1.807) is 42.5 Å². The molecule has 2 heterocycles. The standard InChI is InChI=1S/C31H27Cl2N3O5S2/c1-3-15-41-23-14-9-20(16-24(23)40-4-2)26-25(27(37)19-7-12-22(33)13-8-19)28(38)29(39)36(26)30-34-35-31(43-30)42-17-18-5-10-21(32)11-6-18/h5-14,16,26,37H,3-4,15,17H2,1-2H3. The van der Waals surface area contributed by atoms with Crippen molar-refractivity contribution in [2.24, 2.45) is 0 Å². The molecule has 1 aliphatic heterocycles. The van der Waals surface area contributed by atoms with Gasteiger partial charge in [0, 0.05) is 21.4 Å². The van der Waals surface area contributed by atoms with Gasteiger partial charge in [-0.05, 0) is 73.0 Å². The maximum atomic E-state index is 13.6. The first-order valence-corrected chi connectivity index (χ1v) is 16.0. The lowest BCUT2D eigenvalue weighted by atomic mass is 9.95. The van der Waals surface area contributed by atoms with Crippen molar-refractivity contribution in [3.63, 3.8) is 0 Å². The molecule has 1 fully saturated rings. The van der Waals surface area contributed by atoms with Crippen LogP contribution in [0.1, 0.15) is 43.0 Å². The normalized spacial score (nSPS) is 16.1. The number of aromatic nitrogens is 2. The zero-order valence-electron chi connectivity index (χ0n) is 23.3. The molecule has 3 aromatic carbocycles. The molecule has 0 aliphatic carbocycles. The molecule has 1 amide bonds. The first kappa shape index (κ1) is 30.9. The second kappa shape index (κ2) is 13.8. The van der Waals surface area contributed by atoms with E-state index in [9.17, 15) is 14.7 Å². The van der Waals surface area contributed by atoms with E-state index in [0.29, 0.717) is 56.0 Å². The number of thioether (sulfide) groups is 1. The van der Waals surface area contributed by atoms with Crippen molar-refractivity contribution in [2.45, 2.75) is 36.4 Å². The molecule has 1 aromatic heterocycles. The monoisotopic (exact) mass is 655 g/mol. The van der Waals surface area contributed by atoms with E-state index >= 15 is 0 Å². The predicted octanol–water partition coefficient (Wildman–Crippen LogP) is 7.95. The van der Waals surface area contributed by atoms with Gasteiger partial charge in [0.25, 0.3) is 5.78 Å². The summed E-state index contributed by atoms with van der Waals surface area (Å²) in [6, 6.07) is 18.1. The molecule has 1 unspecified atom stereocenters. The first-order chi connectivity index (χ1) is 20.8. The average molecular weight is 657 g/mol. The SMILES string of the molecule is CCCOc1ccc(C2C(=C(O)c3ccc(Cl)cc3)C(=O)C(=O)N2c2nnc(SCc3ccc(Cl)cc3)s2)cc1OCC. The highest BCUT2D eigenvalue weighted by Gasteiger charge is 2.48. The van der Waals surface area contributed by atoms with Gasteiger partial charge in [0.05, 0.1) is 24.8 Å². The third-order valence-corrected chi connectivity index (χ3v) is 9.12. The van der Waals surface area contributed by atoms with Crippen LogP contribution in [0.2, 0.25) is 10.0 Å². The lowest BCUT2D eigenvalue weighted by Crippen LogP contribution is -2.29. The smallest absolute Gasteiger partial charge is 0.301 e. The van der Waals surface area contributed by atoms with Crippen molar-refractivity contribution in [1.29, 1.82) is 0 Å². The summed E-state index contributed by atoms with van der Waals surface area (Å²) in [6.07, 6.45) is 0.810. The molecule has 0 saturated carbocycles. The number of aliphatic hydroxyl groups is 1. The third-order valence-electron chi connectivity index (χ3n) is 6.48. The largest absolute Gasteiger partial charge is 0.507 e. The second-order valence-electron chi connectivity index (χ2n) is 9.43. The number of carbonyl (C=O) groups is 2. The van der Waals surface area contributed by atoms with E-state index in [-0.39, 0.29) is 16.5 Å². The molecular formula is C31H27Cl2N3O5S2. The van der Waals surface area contributed by atoms with Gasteiger partial charge in [-0.25, -0.2) is 0 Å². The molecule has 0 bridgehead atoms. The molecule has 1 atom stereocenters. The van der Waals surface area contributed by atoms with Crippen LogP contribution in [0.4, 0.5) is 5.13 Å². The summed E-state index contributed by atoms with van der Waals surface area (Å²) in [7, 11) is 0. The van der Waals surface area contributed by atoms with Crippen molar-refractivity contribution >= 4 is 68.9 Å². The van der Waals surface area contributed by atoms with Crippen LogP contribution >= 0.6 is 46.3 Å². The number of hydrogen-bond acceptors (Lipinski definition) is 9. The number of rotatable bonds is 11. The Morgan fingerprint density at radius 2 is 1.65 bits per heavy atom. The summed E-state index contributed by atoms with van der Waals surface area (Å²) >= 11 is 14.7. The molecule has 5 rings (SSSR count). The molecule has 1 saturated heterocycles. The number of ether oxygens (including phenoxy) is 2. The summed E-state index contributed by atoms with van der Waals surface area (Å²) in [5.41, 5.74) is 1.84. The van der Waals surface area contributed by atoms with Crippen molar-refractivity contribution in [3.8, 4) is 11.5 Å². The minimum atomic E-state index is -1.00. The van der Waals surface area contributed by atoms with E-state index < -0.39 is 17.7 Å². The van der Waals surface area contributed by atoms with Gasteiger partial charge in [0.15, 0.2) is 15.8 Å². The van der Waals surface area contributed by atoms with Crippen molar-refractivity contribution in [1.82, 2.24) is 10.2 Å². The Balaban J connectivity index is 1.57. The molecular weight excluding hydrogens is 629 g/mol. The summed E-state index contributed by atoms with van der Waals surface area (Å²) in [4.78, 5) is 28.5. The highest BCUT2D eigenvalue weighted by atomic mass is 35.5. The lowest BCUT2D eigenvalue weighted by molar-refractivity contribution is -0.132. The summed E-state index contributed by atoms with van der Waals surface area (Å²) in [5.74, 6) is -0.376. The van der Waals surface area contributed by atoms with Crippen LogP contribution in [0.5, 0.6) is 11.5 Å². The van der Waals surface area contributed by atoms with Gasteiger partial charge in [-0.1, -0.05) is 71.4 Å². The Morgan fingerprint density at radius 3 is 2.33 bits per heavy atom. The number of nitrogens with zero attached hydrogens (tertiary/aromatic N) is 3. The van der Waals surface area contributed by atoms with Crippen molar-refractivity contribution < 1.29 is 24.2 Å². The predicted molar refractivity (Wildman–Crippen MR) is 171 cm³/mol. The van der Waals surface area contributed by atoms with Crippen LogP contribution in [0, 0.1) is 0 Å². The molecule has 0 spiro atoms. The number of halogens is 2. The highest BCUT2D eigenvalue weighted by Crippen LogP contribution is 2.45. The van der Waals surface area contributed by atoms with Crippen LogP contribution in [-0.4, -0.2) is 40.2 Å². The molecule has 43 heavy (non-hydrogen) atoms. The van der Waals surface area contributed by atoms with Crippen LogP contribution in [0.3, 0.4) is 0 Å². The Morgan fingerprint density at radius 1 is 0.953 bits per heavy atom. The molecule has 4 aromatic rings. The van der Waals surface area contributed by atoms with Crippen LogP contribution in [-0.2, 0) is 15.3 Å². The fourth-order valence-electron chi connectivity index (χ4n) is 4.49. The van der Waals surface area contributed by atoms with E-state index in [1.165, 1.54) is 28.0 Å². The van der Waals surface area contributed by atoms with E-state index in [0.717, 1.165) is 12.0 Å². The molecule has 222 valence electrons. The molecule has 1 N–H and O–H groups in total. The van der Waals surface area contributed by atoms with Gasteiger partial charge in [0.1, 0.15) is 5.76 Å². The van der Waals surface area contributed by atoms with Gasteiger partial charge in [0.2, 0.25) is 5.13 Å². The Hall–Kier alpha value is -3.57. The molecule has 1 aliphatic rings. The minimum Gasteiger partial charge on any atom is -0.507 e. The Labute approximate surface area is 267 Å². The summed E-state index contributed by atoms with van der Waals surface area (Å²) in [6.45, 7) is 4.73. The second-order valence-corrected chi connectivity index (χ2v) is 12.5. The maximum absolute atomic E-state index is 13.6. The molecule has 12 heteroatoms. The maximum Gasteiger partial charge on any atom is 0.301 e. The number of amides is 1. The lowest BCUT2D eigenvalue weighted by Gasteiger charge is -2.23. The van der Waals surface area contributed by atoms with Gasteiger partial charge in [-0.15, -0.1) is 10.2 Å². The van der Waals surface area contributed by atoms with Gasteiger partial charge >= 0.3 is 5.91 Å². The zero-order valence-corrected chi connectivity index (χ0v) is 26.4. The third kappa shape index (κ3) is 6.83. The number of anilines is 1. The van der Waals surface area contributed by atoms with E-state index in [4.69, 9.17) is 32.7 Å². The fraction of sp³-hybridized carbons (Fsp3) is 0.226. The van der Waals surface area contributed by atoms with E-state index in [2.05, 4.69) is 10.2 Å². The van der Waals surface area contributed by atoms with Crippen molar-refractivity contribution in [3.05, 3.63) is 99.0 Å². The summed E-state index contributed by atoms with van der Waals surface area (Å²) in [5, 5.41) is 21.3.